The third-order valence-electron chi connectivity index (χ3n) is 4.55. The molecular weight excluding hydrogens is 340 g/mol. The molecule has 0 radical (unpaired) electrons. The summed E-state index contributed by atoms with van der Waals surface area (Å²) in [6.45, 7) is 2.84. The van der Waals surface area contributed by atoms with Crippen molar-refractivity contribution in [2.45, 2.75) is 31.7 Å². The van der Waals surface area contributed by atoms with Crippen molar-refractivity contribution >= 4 is 28.8 Å². The Morgan fingerprint density at radius 2 is 2.00 bits per heavy atom. The Bertz CT molecular complexity index is 651. The smallest absolute Gasteiger partial charge is 0.251 e. The second-order valence-corrected chi connectivity index (χ2v) is 7.46. The summed E-state index contributed by atoms with van der Waals surface area (Å²) in [7, 11) is 0. The van der Waals surface area contributed by atoms with Crippen molar-refractivity contribution < 1.29 is 4.79 Å². The molecule has 1 aliphatic rings. The van der Waals surface area contributed by atoms with Crippen LogP contribution in [0.1, 0.15) is 47.6 Å². The number of benzene rings is 1. The summed E-state index contributed by atoms with van der Waals surface area (Å²) < 4.78 is 0. The van der Waals surface area contributed by atoms with E-state index in [2.05, 4.69) is 27.0 Å². The molecule has 1 aliphatic heterocycles. The van der Waals surface area contributed by atoms with Crippen LogP contribution in [0.15, 0.2) is 41.1 Å². The molecule has 1 N–H and O–H groups in total. The highest BCUT2D eigenvalue weighted by Gasteiger charge is 2.22. The number of nitrogens with one attached hydrogen (secondary N) is 1. The summed E-state index contributed by atoms with van der Waals surface area (Å²) in [5.41, 5.74) is 1.91. The summed E-state index contributed by atoms with van der Waals surface area (Å²) in [6.07, 6.45) is 5.09. The Morgan fingerprint density at radius 3 is 2.67 bits per heavy atom. The lowest BCUT2D eigenvalue weighted by molar-refractivity contribution is 0.0933. The number of nitrogens with zero attached hydrogens (tertiary/aromatic N) is 1. The fourth-order valence-electron chi connectivity index (χ4n) is 3.25. The molecule has 5 heteroatoms. The molecule has 0 spiro atoms. The second-order valence-electron chi connectivity index (χ2n) is 6.24. The van der Waals surface area contributed by atoms with Crippen LogP contribution in [0.25, 0.3) is 0 Å². The van der Waals surface area contributed by atoms with Gasteiger partial charge in [-0.3, -0.25) is 9.69 Å². The van der Waals surface area contributed by atoms with Crippen LogP contribution in [0.5, 0.6) is 0 Å². The number of halogens is 1. The number of hydrogen-bond donors (Lipinski definition) is 1. The average molecular weight is 363 g/mol. The minimum Gasteiger partial charge on any atom is -0.350 e. The van der Waals surface area contributed by atoms with Gasteiger partial charge in [0, 0.05) is 17.1 Å². The molecule has 1 aromatic carbocycles. The largest absolute Gasteiger partial charge is 0.350 e. The Balaban J connectivity index is 1.69. The topological polar surface area (TPSA) is 32.3 Å². The highest BCUT2D eigenvalue weighted by atomic mass is 35.5. The standard InChI is InChI=1S/C19H23ClN2OS/c20-17-7-5-6-15(12-17)19(23)21-13-18(16-8-11-24-14-16)22-9-3-1-2-4-10-22/h5-8,11-12,14,18H,1-4,9-10,13H2,(H,21,23). The van der Waals surface area contributed by atoms with Crippen molar-refractivity contribution in [3.05, 3.63) is 57.2 Å². The number of amides is 1. The van der Waals surface area contributed by atoms with Crippen molar-refractivity contribution in [3.8, 4) is 0 Å². The summed E-state index contributed by atoms with van der Waals surface area (Å²) in [5.74, 6) is -0.0625. The SMILES string of the molecule is O=C(NCC(c1ccsc1)N1CCCCCC1)c1cccc(Cl)c1. The first-order valence-electron chi connectivity index (χ1n) is 8.54. The predicted octanol–water partition coefficient (Wildman–Crippen LogP) is 4.75. The zero-order valence-electron chi connectivity index (χ0n) is 13.7. The maximum atomic E-state index is 12.4. The third kappa shape index (κ3) is 4.59. The molecule has 1 saturated heterocycles. The van der Waals surface area contributed by atoms with E-state index >= 15 is 0 Å². The number of thiophene rings is 1. The lowest BCUT2D eigenvalue weighted by atomic mass is 10.1. The number of carbonyl (C=O) groups is 1. The molecule has 3 nitrogen and oxygen atoms in total. The van der Waals surface area contributed by atoms with E-state index in [0.29, 0.717) is 17.1 Å². The van der Waals surface area contributed by atoms with Crippen LogP contribution in [0.4, 0.5) is 0 Å². The van der Waals surface area contributed by atoms with Crippen LogP contribution in [0, 0.1) is 0 Å². The fourth-order valence-corrected chi connectivity index (χ4v) is 4.15. The normalized spacial score (nSPS) is 17.2. The van der Waals surface area contributed by atoms with E-state index in [1.165, 1.54) is 31.2 Å². The first kappa shape index (κ1) is 17.5. The molecule has 2 heterocycles. The molecule has 128 valence electrons. The van der Waals surface area contributed by atoms with Crippen LogP contribution in [0.2, 0.25) is 5.02 Å². The van der Waals surface area contributed by atoms with Gasteiger partial charge < -0.3 is 5.32 Å². The Kier molecular flexibility index (Phi) is 6.30. The minimum absolute atomic E-state index is 0.0625. The minimum atomic E-state index is -0.0625. The highest BCUT2D eigenvalue weighted by molar-refractivity contribution is 7.07. The van der Waals surface area contributed by atoms with Gasteiger partial charge >= 0.3 is 0 Å². The van der Waals surface area contributed by atoms with E-state index in [9.17, 15) is 4.79 Å². The van der Waals surface area contributed by atoms with Gasteiger partial charge in [-0.05, 0) is 66.5 Å². The fraction of sp³-hybridized carbons (Fsp3) is 0.421. The summed E-state index contributed by atoms with van der Waals surface area (Å²) in [5, 5.41) is 7.99. The zero-order chi connectivity index (χ0) is 16.8. The first-order chi connectivity index (χ1) is 11.7. The molecule has 0 saturated carbocycles. The van der Waals surface area contributed by atoms with Gasteiger partial charge in [-0.25, -0.2) is 0 Å². The maximum Gasteiger partial charge on any atom is 0.251 e. The van der Waals surface area contributed by atoms with Gasteiger partial charge in [-0.1, -0.05) is 30.5 Å². The molecule has 1 aromatic heterocycles. The number of likely N-dealkylation sites (tertiary alicyclic amines) is 1. The summed E-state index contributed by atoms with van der Waals surface area (Å²) in [4.78, 5) is 15.0. The lowest BCUT2D eigenvalue weighted by Crippen LogP contribution is -2.38. The van der Waals surface area contributed by atoms with E-state index in [-0.39, 0.29) is 11.9 Å². The van der Waals surface area contributed by atoms with E-state index in [4.69, 9.17) is 11.6 Å². The molecule has 1 fully saturated rings. The molecule has 0 bridgehead atoms. The number of carbonyl (C=O) groups excluding carboxylic acids is 1. The lowest BCUT2D eigenvalue weighted by Gasteiger charge is -2.30. The summed E-state index contributed by atoms with van der Waals surface area (Å²) in [6, 6.07) is 9.52. The molecule has 1 atom stereocenters. The van der Waals surface area contributed by atoms with Crippen molar-refractivity contribution in [2.75, 3.05) is 19.6 Å². The van der Waals surface area contributed by atoms with Crippen molar-refractivity contribution in [1.29, 1.82) is 0 Å². The molecular formula is C19H23ClN2OS. The maximum absolute atomic E-state index is 12.4. The Hall–Kier alpha value is -1.36. The molecule has 0 aliphatic carbocycles. The molecule has 3 rings (SSSR count). The van der Waals surface area contributed by atoms with Gasteiger partial charge in [0.05, 0.1) is 6.04 Å². The highest BCUT2D eigenvalue weighted by Crippen LogP contribution is 2.25. The van der Waals surface area contributed by atoms with E-state index < -0.39 is 0 Å². The van der Waals surface area contributed by atoms with Crippen molar-refractivity contribution in [2.24, 2.45) is 0 Å². The van der Waals surface area contributed by atoms with Gasteiger partial charge in [0.2, 0.25) is 0 Å². The van der Waals surface area contributed by atoms with Gasteiger partial charge in [-0.15, -0.1) is 0 Å². The Morgan fingerprint density at radius 1 is 1.21 bits per heavy atom. The average Bonchev–Trinajstić information content (AvgIpc) is 2.98. The number of hydrogen-bond acceptors (Lipinski definition) is 3. The van der Waals surface area contributed by atoms with Crippen molar-refractivity contribution in [3.63, 3.8) is 0 Å². The van der Waals surface area contributed by atoms with Gasteiger partial charge in [0.15, 0.2) is 0 Å². The van der Waals surface area contributed by atoms with Crippen LogP contribution >= 0.6 is 22.9 Å². The van der Waals surface area contributed by atoms with Crippen molar-refractivity contribution in [1.82, 2.24) is 10.2 Å². The van der Waals surface area contributed by atoms with Gasteiger partial charge in [0.1, 0.15) is 0 Å². The third-order valence-corrected chi connectivity index (χ3v) is 5.49. The Labute approximate surface area is 152 Å². The van der Waals surface area contributed by atoms with Crippen LogP contribution in [-0.4, -0.2) is 30.4 Å². The van der Waals surface area contributed by atoms with Crippen LogP contribution < -0.4 is 5.32 Å². The zero-order valence-corrected chi connectivity index (χ0v) is 15.3. The quantitative estimate of drug-likeness (QED) is 0.832. The van der Waals surface area contributed by atoms with Crippen LogP contribution in [-0.2, 0) is 0 Å². The molecule has 2 aromatic rings. The first-order valence-corrected chi connectivity index (χ1v) is 9.86. The molecule has 1 unspecified atom stereocenters. The van der Waals surface area contributed by atoms with Gasteiger partial charge in [0.25, 0.3) is 5.91 Å². The second kappa shape index (κ2) is 8.65. The molecule has 24 heavy (non-hydrogen) atoms. The van der Waals surface area contributed by atoms with E-state index in [1.54, 1.807) is 29.5 Å². The van der Waals surface area contributed by atoms with E-state index in [0.717, 1.165) is 13.1 Å². The van der Waals surface area contributed by atoms with E-state index in [1.807, 2.05) is 6.07 Å². The van der Waals surface area contributed by atoms with Crippen LogP contribution in [0.3, 0.4) is 0 Å². The molecule has 1 amide bonds. The van der Waals surface area contributed by atoms with Gasteiger partial charge in [-0.2, -0.15) is 11.3 Å². The summed E-state index contributed by atoms with van der Waals surface area (Å²) >= 11 is 7.70. The monoisotopic (exact) mass is 362 g/mol. The predicted molar refractivity (Wildman–Crippen MR) is 101 cm³/mol. The number of rotatable bonds is 5.